The summed E-state index contributed by atoms with van der Waals surface area (Å²) < 4.78 is 11.0. The number of para-hydroxylation sites is 3. The number of fused-ring (bicyclic) bond motifs is 10. The largest absolute Gasteiger partial charge is 0.456 e. The molecule has 0 aliphatic carbocycles. The normalized spacial score (nSPS) is 11.9. The van der Waals surface area contributed by atoms with Crippen LogP contribution in [-0.4, -0.2) is 24.1 Å². The summed E-state index contributed by atoms with van der Waals surface area (Å²) in [5.41, 5.74) is 8.96. The highest BCUT2D eigenvalue weighted by Crippen LogP contribution is 2.44. The minimum atomic E-state index is 0.569. The first-order valence-corrected chi connectivity index (χ1v) is 17.0. The summed E-state index contributed by atoms with van der Waals surface area (Å²) >= 11 is 0. The zero-order chi connectivity index (χ0) is 33.5. The van der Waals surface area contributed by atoms with Gasteiger partial charge in [-0.05, 0) is 36.4 Å². The van der Waals surface area contributed by atoms with E-state index in [0.717, 1.165) is 71.6 Å². The van der Waals surface area contributed by atoms with E-state index in [4.69, 9.17) is 19.4 Å². The minimum Gasteiger partial charge on any atom is -0.456 e. The highest BCUT2D eigenvalue weighted by molar-refractivity contribution is 6.27. The molecule has 0 saturated heterocycles. The number of furan rings is 1. The lowest BCUT2D eigenvalue weighted by molar-refractivity contribution is 0.669. The molecule has 0 fully saturated rings. The van der Waals surface area contributed by atoms with Gasteiger partial charge < -0.3 is 8.98 Å². The molecule has 0 aliphatic heterocycles. The van der Waals surface area contributed by atoms with Crippen LogP contribution in [0.25, 0.3) is 100.0 Å². The van der Waals surface area contributed by atoms with Crippen molar-refractivity contribution in [3.63, 3.8) is 0 Å². The van der Waals surface area contributed by atoms with Gasteiger partial charge in [0, 0.05) is 55.2 Å². The van der Waals surface area contributed by atoms with E-state index in [1.807, 2.05) is 72.8 Å². The van der Waals surface area contributed by atoms with Crippen molar-refractivity contribution in [2.24, 2.45) is 0 Å². The topological polar surface area (TPSA) is 61.7 Å². The number of benzene rings is 7. The van der Waals surface area contributed by atoms with Gasteiger partial charge in [-0.3, -0.25) is 4.57 Å². The average molecular weight is 654 g/mol. The lowest BCUT2D eigenvalue weighted by Crippen LogP contribution is -2.06. The van der Waals surface area contributed by atoms with Gasteiger partial charge in [-0.2, -0.15) is 9.97 Å². The predicted octanol–water partition coefficient (Wildman–Crippen LogP) is 11.3. The van der Waals surface area contributed by atoms with Crippen LogP contribution in [0.15, 0.2) is 168 Å². The van der Waals surface area contributed by atoms with E-state index in [0.29, 0.717) is 17.6 Å². The average Bonchev–Trinajstić information content (AvgIpc) is 3.85. The summed E-state index contributed by atoms with van der Waals surface area (Å²) in [7, 11) is 0. The molecule has 0 unspecified atom stereocenters. The van der Waals surface area contributed by atoms with Crippen LogP contribution in [0.3, 0.4) is 0 Å². The molecule has 0 amide bonds. The smallest absolute Gasteiger partial charge is 0.238 e. The molecule has 0 spiro atoms. The van der Waals surface area contributed by atoms with E-state index >= 15 is 0 Å². The third-order valence-corrected chi connectivity index (χ3v) is 9.96. The Morgan fingerprint density at radius 1 is 0.392 bits per heavy atom. The molecule has 11 rings (SSSR count). The molecule has 0 bridgehead atoms. The molecule has 0 radical (unpaired) electrons. The van der Waals surface area contributed by atoms with E-state index in [2.05, 4.69) is 100 Å². The molecule has 6 heteroatoms. The number of hydrogen-bond donors (Lipinski definition) is 0. The van der Waals surface area contributed by atoms with Crippen molar-refractivity contribution < 1.29 is 4.42 Å². The van der Waals surface area contributed by atoms with E-state index < -0.39 is 0 Å². The fraction of sp³-hybridized carbons (Fsp3) is 0. The van der Waals surface area contributed by atoms with Crippen LogP contribution in [-0.2, 0) is 0 Å². The fourth-order valence-electron chi connectivity index (χ4n) is 7.73. The van der Waals surface area contributed by atoms with E-state index in [-0.39, 0.29) is 0 Å². The zero-order valence-electron chi connectivity index (χ0n) is 27.2. The summed E-state index contributed by atoms with van der Waals surface area (Å²) in [5, 5.41) is 6.82. The van der Waals surface area contributed by atoms with Gasteiger partial charge in [0.25, 0.3) is 0 Å². The molecule has 0 atom stereocenters. The monoisotopic (exact) mass is 653 g/mol. The fourth-order valence-corrected chi connectivity index (χ4v) is 7.73. The highest BCUT2D eigenvalue weighted by Gasteiger charge is 2.24. The number of hydrogen-bond acceptors (Lipinski definition) is 4. The molecule has 238 valence electrons. The summed E-state index contributed by atoms with van der Waals surface area (Å²) in [6, 6.07) is 56.6. The van der Waals surface area contributed by atoms with E-state index in [1.165, 1.54) is 10.8 Å². The minimum absolute atomic E-state index is 0.569. The second-order valence-corrected chi connectivity index (χ2v) is 12.9. The molecule has 0 N–H and O–H groups in total. The van der Waals surface area contributed by atoms with Crippen molar-refractivity contribution in [3.8, 4) is 34.4 Å². The van der Waals surface area contributed by atoms with E-state index in [1.54, 1.807) is 0 Å². The van der Waals surface area contributed by atoms with Crippen molar-refractivity contribution in [2.75, 3.05) is 0 Å². The standard InChI is InChI=1S/C45H27N5O/c1-4-14-28(15-5-1)43-46-44(29-16-6-2-7-17-29)48-45(47-43)50-36-22-12-10-21-33(36)41-37(50)25-24-32-34-26-35-31-20-11-13-23-39(31)51-40(35)27-38(34)49(42(32)41)30-18-8-3-9-19-30/h1-27H. The van der Waals surface area contributed by atoms with Crippen molar-refractivity contribution >= 4 is 65.6 Å². The van der Waals surface area contributed by atoms with Gasteiger partial charge in [-0.25, -0.2) is 4.98 Å². The van der Waals surface area contributed by atoms with Crippen LogP contribution in [0.4, 0.5) is 0 Å². The van der Waals surface area contributed by atoms with Gasteiger partial charge in [0.15, 0.2) is 11.6 Å². The molecule has 51 heavy (non-hydrogen) atoms. The van der Waals surface area contributed by atoms with Crippen LogP contribution in [0.2, 0.25) is 0 Å². The molecule has 4 aromatic heterocycles. The first kappa shape index (κ1) is 27.9. The Labute approximate surface area is 291 Å². The van der Waals surface area contributed by atoms with Gasteiger partial charge in [-0.1, -0.05) is 121 Å². The van der Waals surface area contributed by atoms with Crippen molar-refractivity contribution in [1.29, 1.82) is 0 Å². The lowest BCUT2D eigenvalue weighted by Gasteiger charge is -2.11. The van der Waals surface area contributed by atoms with Crippen LogP contribution >= 0.6 is 0 Å². The highest BCUT2D eigenvalue weighted by atomic mass is 16.3. The molecule has 11 aromatic rings. The van der Waals surface area contributed by atoms with Crippen molar-refractivity contribution in [3.05, 3.63) is 164 Å². The molecule has 4 heterocycles. The second-order valence-electron chi connectivity index (χ2n) is 12.9. The first-order chi connectivity index (χ1) is 25.3. The SMILES string of the molecule is c1ccc(-c2nc(-c3ccccc3)nc(-n3c4ccccc4c4c3ccc3c5cc6c(cc5n(-c5ccccc5)c34)oc3ccccc36)n2)cc1. The molecule has 6 nitrogen and oxygen atoms in total. The van der Waals surface area contributed by atoms with Crippen LogP contribution < -0.4 is 0 Å². The Morgan fingerprint density at radius 3 is 1.75 bits per heavy atom. The van der Waals surface area contributed by atoms with Crippen LogP contribution in [0.1, 0.15) is 0 Å². The van der Waals surface area contributed by atoms with Crippen molar-refractivity contribution in [2.45, 2.75) is 0 Å². The Kier molecular flexibility index (Phi) is 5.86. The molecular weight excluding hydrogens is 627 g/mol. The van der Waals surface area contributed by atoms with Gasteiger partial charge in [0.1, 0.15) is 11.2 Å². The quantitative estimate of drug-likeness (QED) is 0.190. The van der Waals surface area contributed by atoms with Crippen LogP contribution in [0.5, 0.6) is 0 Å². The Balaban J connectivity index is 1.29. The lowest BCUT2D eigenvalue weighted by atomic mass is 10.1. The maximum absolute atomic E-state index is 6.42. The molecule has 0 saturated carbocycles. The molecule has 0 aliphatic rings. The summed E-state index contributed by atoms with van der Waals surface area (Å²) in [6.07, 6.45) is 0. The third kappa shape index (κ3) is 4.14. The maximum atomic E-state index is 6.42. The molecule has 7 aromatic carbocycles. The number of nitrogens with zero attached hydrogens (tertiary/aromatic N) is 5. The van der Waals surface area contributed by atoms with Gasteiger partial charge >= 0.3 is 0 Å². The third-order valence-electron chi connectivity index (χ3n) is 9.96. The van der Waals surface area contributed by atoms with Crippen LogP contribution in [0, 0.1) is 0 Å². The number of aromatic nitrogens is 5. The maximum Gasteiger partial charge on any atom is 0.238 e. The van der Waals surface area contributed by atoms with Gasteiger partial charge in [-0.15, -0.1) is 0 Å². The van der Waals surface area contributed by atoms with Gasteiger partial charge in [0.2, 0.25) is 5.95 Å². The zero-order valence-corrected chi connectivity index (χ0v) is 27.2. The first-order valence-electron chi connectivity index (χ1n) is 17.0. The van der Waals surface area contributed by atoms with Crippen molar-refractivity contribution in [1.82, 2.24) is 24.1 Å². The summed E-state index contributed by atoms with van der Waals surface area (Å²) in [6.45, 7) is 0. The Hall–Kier alpha value is -7.05. The Bertz CT molecular complexity index is 3060. The molecular formula is C45H27N5O. The second kappa shape index (κ2) is 10.7. The number of rotatable bonds is 4. The summed E-state index contributed by atoms with van der Waals surface area (Å²) in [4.78, 5) is 15.3. The van der Waals surface area contributed by atoms with E-state index in [9.17, 15) is 0 Å². The Morgan fingerprint density at radius 2 is 1.02 bits per heavy atom. The summed E-state index contributed by atoms with van der Waals surface area (Å²) in [5.74, 6) is 1.82. The van der Waals surface area contributed by atoms with Gasteiger partial charge in [0.05, 0.1) is 22.1 Å². The predicted molar refractivity (Wildman–Crippen MR) is 207 cm³/mol.